The van der Waals surface area contributed by atoms with Gasteiger partial charge in [-0.25, -0.2) is 0 Å². The van der Waals surface area contributed by atoms with Gasteiger partial charge >= 0.3 is 0 Å². The number of pyridine rings is 1. The number of anilines is 1. The van der Waals surface area contributed by atoms with Gasteiger partial charge in [-0.15, -0.1) is 0 Å². The van der Waals surface area contributed by atoms with E-state index in [0.29, 0.717) is 17.9 Å². The molecule has 6 nitrogen and oxygen atoms in total. The molecule has 0 aliphatic heterocycles. The average Bonchev–Trinajstić information content (AvgIpc) is 2.37. The van der Waals surface area contributed by atoms with Gasteiger partial charge in [0.2, 0.25) is 0 Å². The Morgan fingerprint density at radius 1 is 1.53 bits per heavy atom. The predicted molar refractivity (Wildman–Crippen MR) is 74.6 cm³/mol. The highest BCUT2D eigenvalue weighted by Gasteiger charge is 2.39. The Morgan fingerprint density at radius 3 is 2.79 bits per heavy atom. The van der Waals surface area contributed by atoms with E-state index < -0.39 is 0 Å². The summed E-state index contributed by atoms with van der Waals surface area (Å²) in [6.07, 6.45) is 5.03. The van der Waals surface area contributed by atoms with Crippen molar-refractivity contribution in [2.75, 3.05) is 26.1 Å². The first-order valence-electron chi connectivity index (χ1n) is 6.46. The van der Waals surface area contributed by atoms with Crippen LogP contribution in [0.3, 0.4) is 0 Å². The van der Waals surface area contributed by atoms with Gasteiger partial charge in [-0.05, 0) is 45.5 Å². The smallest absolute Gasteiger partial charge is 0.270 e. The highest BCUT2D eigenvalue weighted by molar-refractivity contribution is 5.93. The van der Waals surface area contributed by atoms with Gasteiger partial charge in [-0.1, -0.05) is 0 Å². The van der Waals surface area contributed by atoms with Crippen molar-refractivity contribution in [2.45, 2.75) is 24.8 Å². The number of hydrogen-bond acceptors (Lipinski definition) is 5. The van der Waals surface area contributed by atoms with Crippen LogP contribution in [-0.4, -0.2) is 42.0 Å². The van der Waals surface area contributed by atoms with Crippen molar-refractivity contribution in [1.82, 2.24) is 15.2 Å². The van der Waals surface area contributed by atoms with Gasteiger partial charge < -0.3 is 15.6 Å². The largest absolute Gasteiger partial charge is 0.349 e. The van der Waals surface area contributed by atoms with E-state index in [1.165, 1.54) is 6.42 Å². The summed E-state index contributed by atoms with van der Waals surface area (Å²) in [6.45, 7) is 0.654. The van der Waals surface area contributed by atoms with Crippen LogP contribution in [0.25, 0.3) is 0 Å². The number of carbonyl (C=O) groups is 1. The van der Waals surface area contributed by atoms with E-state index in [-0.39, 0.29) is 11.4 Å². The van der Waals surface area contributed by atoms with E-state index in [0.717, 1.165) is 12.8 Å². The van der Waals surface area contributed by atoms with E-state index >= 15 is 0 Å². The van der Waals surface area contributed by atoms with E-state index in [1.807, 2.05) is 0 Å². The van der Waals surface area contributed by atoms with Crippen LogP contribution in [-0.2, 0) is 0 Å². The molecule has 1 saturated carbocycles. The number of aromatic nitrogens is 1. The molecule has 4 N–H and O–H groups in total. The Balaban J connectivity index is 1.97. The Kier molecular flexibility index (Phi) is 4.01. The highest BCUT2D eigenvalue weighted by atomic mass is 16.1. The highest BCUT2D eigenvalue weighted by Crippen LogP contribution is 2.35. The van der Waals surface area contributed by atoms with E-state index in [4.69, 9.17) is 5.84 Å². The molecule has 0 radical (unpaired) electrons. The molecule has 1 fully saturated rings. The van der Waals surface area contributed by atoms with E-state index in [1.54, 1.807) is 18.3 Å². The number of nitrogens with zero attached hydrogens (tertiary/aromatic N) is 2. The van der Waals surface area contributed by atoms with Gasteiger partial charge in [0.25, 0.3) is 5.91 Å². The average molecular weight is 263 g/mol. The van der Waals surface area contributed by atoms with Crippen LogP contribution >= 0.6 is 0 Å². The molecule has 2 rings (SSSR count). The Morgan fingerprint density at radius 2 is 2.26 bits per heavy atom. The summed E-state index contributed by atoms with van der Waals surface area (Å²) < 4.78 is 0. The Hall–Kier alpha value is -1.66. The van der Waals surface area contributed by atoms with Gasteiger partial charge in [0.05, 0.1) is 5.69 Å². The predicted octanol–water partition coefficient (Wildman–Crippen LogP) is 0.581. The molecule has 1 aliphatic rings. The number of nitrogens with one attached hydrogen (secondary N) is 2. The van der Waals surface area contributed by atoms with Gasteiger partial charge in [0, 0.05) is 18.3 Å². The van der Waals surface area contributed by atoms with Gasteiger partial charge in [0.1, 0.15) is 5.69 Å². The summed E-state index contributed by atoms with van der Waals surface area (Å²) >= 11 is 0. The van der Waals surface area contributed by atoms with Crippen LogP contribution in [0.4, 0.5) is 5.69 Å². The SMILES string of the molecule is CN(C)C1(CNC(=O)c2cc(NN)ccn2)CCC1. The van der Waals surface area contributed by atoms with E-state index in [2.05, 4.69) is 34.7 Å². The minimum Gasteiger partial charge on any atom is -0.349 e. The zero-order valence-electron chi connectivity index (χ0n) is 11.4. The fourth-order valence-electron chi connectivity index (χ4n) is 2.35. The second-order valence-corrected chi connectivity index (χ2v) is 5.23. The molecular formula is C13H21N5O. The molecule has 1 aliphatic carbocycles. The lowest BCUT2D eigenvalue weighted by atomic mass is 9.75. The van der Waals surface area contributed by atoms with Crippen LogP contribution in [0.5, 0.6) is 0 Å². The standard InChI is InChI=1S/C13H21N5O/c1-18(2)13(5-3-6-13)9-16-12(19)11-8-10(17-14)4-7-15-11/h4,7-8H,3,5-6,9,14H2,1-2H3,(H,15,17)(H,16,19). The monoisotopic (exact) mass is 263 g/mol. The maximum atomic E-state index is 12.1. The molecule has 1 heterocycles. The van der Waals surface area contributed by atoms with E-state index in [9.17, 15) is 4.79 Å². The van der Waals surface area contributed by atoms with Gasteiger partial charge in [-0.3, -0.25) is 15.6 Å². The number of carbonyl (C=O) groups excluding carboxylic acids is 1. The number of nitrogen functional groups attached to an aromatic ring is 1. The summed E-state index contributed by atoms with van der Waals surface area (Å²) in [5, 5.41) is 2.96. The molecule has 6 heteroatoms. The third-order valence-electron chi connectivity index (χ3n) is 3.97. The third-order valence-corrected chi connectivity index (χ3v) is 3.97. The number of hydrazine groups is 1. The van der Waals surface area contributed by atoms with Crippen molar-refractivity contribution in [3.05, 3.63) is 24.0 Å². The molecule has 0 unspecified atom stereocenters. The second-order valence-electron chi connectivity index (χ2n) is 5.23. The second kappa shape index (κ2) is 5.54. The molecule has 1 aromatic rings. The fraction of sp³-hybridized carbons (Fsp3) is 0.538. The summed E-state index contributed by atoms with van der Waals surface area (Å²) in [5.41, 5.74) is 3.67. The van der Waals surface area contributed by atoms with Crippen molar-refractivity contribution >= 4 is 11.6 Å². The molecule has 0 bridgehead atoms. The molecular weight excluding hydrogens is 242 g/mol. The first-order valence-corrected chi connectivity index (χ1v) is 6.46. The third kappa shape index (κ3) is 2.85. The van der Waals surface area contributed by atoms with Crippen LogP contribution in [0.15, 0.2) is 18.3 Å². The first kappa shape index (κ1) is 13.8. The van der Waals surface area contributed by atoms with Crippen molar-refractivity contribution < 1.29 is 4.79 Å². The fourth-order valence-corrected chi connectivity index (χ4v) is 2.35. The minimum absolute atomic E-state index is 0.111. The topological polar surface area (TPSA) is 83.3 Å². The number of likely N-dealkylation sites (N-methyl/N-ethyl adjacent to an activating group) is 1. The quantitative estimate of drug-likeness (QED) is 0.535. The lowest BCUT2D eigenvalue weighted by molar-refractivity contribution is 0.0556. The van der Waals surface area contributed by atoms with Crippen molar-refractivity contribution in [1.29, 1.82) is 0 Å². The van der Waals surface area contributed by atoms with Crippen molar-refractivity contribution in [3.63, 3.8) is 0 Å². The van der Waals surface area contributed by atoms with Gasteiger partial charge in [-0.2, -0.15) is 0 Å². The zero-order valence-corrected chi connectivity index (χ0v) is 11.4. The molecule has 19 heavy (non-hydrogen) atoms. The van der Waals surface area contributed by atoms with Gasteiger partial charge in [0.15, 0.2) is 0 Å². The first-order chi connectivity index (χ1) is 9.07. The summed E-state index contributed by atoms with van der Waals surface area (Å²) in [7, 11) is 4.12. The minimum atomic E-state index is -0.162. The lowest BCUT2D eigenvalue weighted by Gasteiger charge is -2.47. The van der Waals surface area contributed by atoms with Crippen LogP contribution in [0, 0.1) is 0 Å². The molecule has 1 amide bonds. The Labute approximate surface area is 113 Å². The maximum Gasteiger partial charge on any atom is 0.270 e. The lowest BCUT2D eigenvalue weighted by Crippen LogP contribution is -2.57. The summed E-state index contributed by atoms with van der Waals surface area (Å²) in [4.78, 5) is 18.3. The van der Waals surface area contributed by atoms with Crippen LogP contribution in [0.1, 0.15) is 29.8 Å². The van der Waals surface area contributed by atoms with Crippen molar-refractivity contribution in [2.24, 2.45) is 5.84 Å². The molecule has 0 spiro atoms. The summed E-state index contributed by atoms with van der Waals surface area (Å²) in [6, 6.07) is 3.35. The number of hydrogen-bond donors (Lipinski definition) is 3. The number of amides is 1. The van der Waals surface area contributed by atoms with Crippen LogP contribution < -0.4 is 16.6 Å². The maximum absolute atomic E-state index is 12.1. The van der Waals surface area contributed by atoms with Crippen LogP contribution in [0.2, 0.25) is 0 Å². The Bertz CT molecular complexity index is 456. The van der Waals surface area contributed by atoms with Crippen molar-refractivity contribution in [3.8, 4) is 0 Å². The normalized spacial score (nSPS) is 16.8. The summed E-state index contributed by atoms with van der Waals surface area (Å²) in [5.74, 6) is 5.15. The molecule has 0 saturated heterocycles. The number of nitrogens with two attached hydrogens (primary N) is 1. The molecule has 104 valence electrons. The molecule has 0 atom stereocenters. The number of rotatable bonds is 5. The zero-order chi connectivity index (χ0) is 13.9. The molecule has 1 aromatic heterocycles. The molecule has 0 aromatic carbocycles.